The molecule has 152 valence electrons. The Hall–Kier alpha value is -2.36. The summed E-state index contributed by atoms with van der Waals surface area (Å²) in [6.45, 7) is 5.25. The third kappa shape index (κ3) is 7.34. The molecule has 2 aromatic carbocycles. The Morgan fingerprint density at radius 1 is 1.00 bits per heavy atom. The molecule has 0 saturated carbocycles. The Balaban J connectivity index is 1.91. The summed E-state index contributed by atoms with van der Waals surface area (Å²) in [5.41, 5.74) is 1.88. The van der Waals surface area contributed by atoms with Crippen molar-refractivity contribution in [3.63, 3.8) is 0 Å². The third-order valence-electron chi connectivity index (χ3n) is 3.74. The van der Waals surface area contributed by atoms with E-state index in [4.69, 9.17) is 0 Å². The molecule has 9 heteroatoms. The Kier molecular flexibility index (Phi) is 7.61. The average molecular weight is 414 g/mol. The first-order chi connectivity index (χ1) is 13.2. The van der Waals surface area contributed by atoms with E-state index in [1.54, 1.807) is 6.08 Å². The van der Waals surface area contributed by atoms with E-state index < -0.39 is 22.1 Å². The van der Waals surface area contributed by atoms with Gasteiger partial charge < -0.3 is 10.1 Å². The van der Waals surface area contributed by atoms with Crippen molar-refractivity contribution in [1.29, 1.82) is 0 Å². The summed E-state index contributed by atoms with van der Waals surface area (Å²) in [7, 11) is -3.86. The second kappa shape index (κ2) is 9.72. The van der Waals surface area contributed by atoms with Crippen LogP contribution in [0.1, 0.15) is 11.1 Å². The molecular weight excluding hydrogens is 393 g/mol. The molecule has 5 nitrogen and oxygen atoms in total. The highest BCUT2D eigenvalue weighted by Crippen LogP contribution is 2.23. The third-order valence-corrected chi connectivity index (χ3v) is 5.15. The first kappa shape index (κ1) is 21.9. The van der Waals surface area contributed by atoms with E-state index in [1.165, 1.54) is 0 Å². The topological polar surface area (TPSA) is 67.4 Å². The summed E-state index contributed by atoms with van der Waals surface area (Å²) in [6, 6.07) is 11.5. The van der Waals surface area contributed by atoms with Crippen LogP contribution in [0.25, 0.3) is 0 Å². The maximum absolute atomic E-state index is 12.3. The minimum atomic E-state index is -4.83. The Morgan fingerprint density at radius 2 is 1.61 bits per heavy atom. The monoisotopic (exact) mass is 414 g/mol. The van der Waals surface area contributed by atoms with Crippen LogP contribution in [0.2, 0.25) is 0 Å². The summed E-state index contributed by atoms with van der Waals surface area (Å²) < 4.78 is 67.2. The van der Waals surface area contributed by atoms with E-state index in [0.29, 0.717) is 0 Å². The van der Waals surface area contributed by atoms with Crippen molar-refractivity contribution < 1.29 is 26.3 Å². The molecule has 0 amide bonds. The van der Waals surface area contributed by atoms with Crippen LogP contribution in [-0.2, 0) is 23.0 Å². The Morgan fingerprint density at radius 3 is 2.18 bits per heavy atom. The van der Waals surface area contributed by atoms with E-state index in [9.17, 15) is 21.6 Å². The SMILES string of the molecule is C=CCNCCc1ccc(CNS(=O)(=O)c2ccc(OC(F)(F)F)cc2)cc1. The summed E-state index contributed by atoms with van der Waals surface area (Å²) in [5.74, 6) is -0.482. The Bertz CT molecular complexity index is 865. The first-order valence-electron chi connectivity index (χ1n) is 8.44. The molecular formula is C19H21F3N2O3S. The number of benzene rings is 2. The number of ether oxygens (including phenoxy) is 1. The fraction of sp³-hybridized carbons (Fsp3) is 0.263. The highest BCUT2D eigenvalue weighted by atomic mass is 32.2. The lowest BCUT2D eigenvalue weighted by atomic mass is 10.1. The van der Waals surface area contributed by atoms with Gasteiger partial charge in [-0.15, -0.1) is 19.8 Å². The lowest BCUT2D eigenvalue weighted by Crippen LogP contribution is -2.23. The predicted molar refractivity (Wildman–Crippen MR) is 100 cm³/mol. The van der Waals surface area contributed by atoms with Gasteiger partial charge in [0.1, 0.15) is 5.75 Å². The van der Waals surface area contributed by atoms with Gasteiger partial charge in [0.25, 0.3) is 0 Å². The summed E-state index contributed by atoms with van der Waals surface area (Å²) in [6.07, 6.45) is -2.20. The van der Waals surface area contributed by atoms with Gasteiger partial charge in [-0.3, -0.25) is 0 Å². The molecule has 0 aliphatic carbocycles. The van der Waals surface area contributed by atoms with Crippen LogP contribution in [0.3, 0.4) is 0 Å². The zero-order chi connectivity index (χ0) is 20.6. The Labute approximate surface area is 162 Å². The van der Waals surface area contributed by atoms with Crippen molar-refractivity contribution in [2.24, 2.45) is 0 Å². The van der Waals surface area contributed by atoms with Gasteiger partial charge in [0.15, 0.2) is 0 Å². The number of sulfonamides is 1. The smallest absolute Gasteiger partial charge is 0.406 e. The molecule has 0 saturated heterocycles. The molecule has 0 unspecified atom stereocenters. The highest BCUT2D eigenvalue weighted by Gasteiger charge is 2.31. The maximum Gasteiger partial charge on any atom is 0.573 e. The van der Waals surface area contributed by atoms with Gasteiger partial charge in [0.05, 0.1) is 4.90 Å². The molecule has 2 aromatic rings. The van der Waals surface area contributed by atoms with Crippen molar-refractivity contribution in [1.82, 2.24) is 10.0 Å². The van der Waals surface area contributed by atoms with Gasteiger partial charge in [-0.25, -0.2) is 13.1 Å². The lowest BCUT2D eigenvalue weighted by Gasteiger charge is -2.10. The first-order valence-corrected chi connectivity index (χ1v) is 9.93. The van der Waals surface area contributed by atoms with Crippen molar-refractivity contribution in [2.75, 3.05) is 13.1 Å². The van der Waals surface area contributed by atoms with Gasteiger partial charge in [0.2, 0.25) is 10.0 Å². The molecule has 0 fully saturated rings. The van der Waals surface area contributed by atoms with Gasteiger partial charge in [-0.1, -0.05) is 30.3 Å². The van der Waals surface area contributed by atoms with Crippen LogP contribution in [0, 0.1) is 0 Å². The molecule has 0 bridgehead atoms. The van der Waals surface area contributed by atoms with Gasteiger partial charge in [-0.2, -0.15) is 0 Å². The summed E-state index contributed by atoms with van der Waals surface area (Å²) in [4.78, 5) is -0.146. The van der Waals surface area contributed by atoms with Crippen molar-refractivity contribution >= 4 is 10.0 Å². The highest BCUT2D eigenvalue weighted by molar-refractivity contribution is 7.89. The molecule has 0 atom stereocenters. The molecule has 2 rings (SSSR count). The molecule has 0 aliphatic rings. The zero-order valence-electron chi connectivity index (χ0n) is 15.0. The van der Waals surface area contributed by atoms with Crippen LogP contribution in [0.15, 0.2) is 66.1 Å². The van der Waals surface area contributed by atoms with Crippen LogP contribution < -0.4 is 14.8 Å². The van der Waals surface area contributed by atoms with Crippen LogP contribution >= 0.6 is 0 Å². The number of nitrogens with one attached hydrogen (secondary N) is 2. The van der Waals surface area contributed by atoms with Crippen LogP contribution in [-0.4, -0.2) is 27.9 Å². The van der Waals surface area contributed by atoms with E-state index in [0.717, 1.165) is 54.9 Å². The number of halogens is 3. The van der Waals surface area contributed by atoms with Gasteiger partial charge in [-0.05, 0) is 48.4 Å². The van der Waals surface area contributed by atoms with E-state index in [1.807, 2.05) is 24.3 Å². The average Bonchev–Trinajstić information content (AvgIpc) is 2.64. The van der Waals surface area contributed by atoms with Crippen LogP contribution in [0.4, 0.5) is 13.2 Å². The van der Waals surface area contributed by atoms with Crippen molar-refractivity contribution in [2.45, 2.75) is 24.2 Å². The predicted octanol–water partition coefficient (Wildman–Crippen LogP) is 3.38. The molecule has 0 aromatic heterocycles. The van der Waals surface area contributed by atoms with Crippen molar-refractivity contribution in [3.05, 3.63) is 72.3 Å². The number of rotatable bonds is 10. The van der Waals surface area contributed by atoms with E-state index in [-0.39, 0.29) is 11.4 Å². The largest absolute Gasteiger partial charge is 0.573 e. The minimum Gasteiger partial charge on any atom is -0.406 e. The van der Waals surface area contributed by atoms with E-state index in [2.05, 4.69) is 21.4 Å². The lowest BCUT2D eigenvalue weighted by molar-refractivity contribution is -0.274. The van der Waals surface area contributed by atoms with Crippen molar-refractivity contribution in [3.8, 4) is 5.75 Å². The minimum absolute atomic E-state index is 0.0676. The second-order valence-corrected chi connectivity index (χ2v) is 7.67. The normalized spacial score (nSPS) is 12.0. The van der Waals surface area contributed by atoms with Gasteiger partial charge >= 0.3 is 6.36 Å². The molecule has 0 spiro atoms. The second-order valence-electron chi connectivity index (χ2n) is 5.90. The molecule has 2 N–H and O–H groups in total. The molecule has 28 heavy (non-hydrogen) atoms. The maximum atomic E-state index is 12.3. The molecule has 0 aliphatic heterocycles. The molecule has 0 heterocycles. The number of alkyl halides is 3. The number of hydrogen-bond donors (Lipinski definition) is 2. The zero-order valence-corrected chi connectivity index (χ0v) is 15.8. The standard InChI is InChI=1S/C19H21F3N2O3S/c1-2-12-23-13-11-15-3-5-16(6-4-15)14-24-28(25,26)18-9-7-17(8-10-18)27-19(20,21)22/h2-10,23-24H,1,11-14H2. The fourth-order valence-corrected chi connectivity index (χ4v) is 3.36. The van der Waals surface area contributed by atoms with Gasteiger partial charge in [0, 0.05) is 13.1 Å². The quantitative estimate of drug-likeness (QED) is 0.462. The summed E-state index contributed by atoms with van der Waals surface area (Å²) >= 11 is 0. The number of hydrogen-bond acceptors (Lipinski definition) is 4. The van der Waals surface area contributed by atoms with E-state index >= 15 is 0 Å². The molecule has 0 radical (unpaired) electrons. The fourth-order valence-electron chi connectivity index (χ4n) is 2.34. The van der Waals surface area contributed by atoms with Crippen LogP contribution in [0.5, 0.6) is 5.75 Å². The summed E-state index contributed by atoms with van der Waals surface area (Å²) in [5, 5.41) is 3.20.